The number of carbonyl (C=O) groups excluding carboxylic acids is 2. The number of anilines is 1. The van der Waals surface area contributed by atoms with Gasteiger partial charge in [0.1, 0.15) is 23.4 Å². The van der Waals surface area contributed by atoms with Crippen molar-refractivity contribution in [3.05, 3.63) is 29.8 Å². The van der Waals surface area contributed by atoms with Crippen molar-refractivity contribution in [2.24, 2.45) is 11.8 Å². The monoisotopic (exact) mass is 401 g/mol. The fraction of sp³-hybridized carbons (Fsp3) is 0.579. The summed E-state index contributed by atoms with van der Waals surface area (Å²) in [6.45, 7) is 4.19. The molecule has 0 spiro atoms. The molecule has 3 rings (SSSR count). The van der Waals surface area contributed by atoms with Crippen LogP contribution in [0.5, 0.6) is 0 Å². The molecule has 150 valence electrons. The van der Waals surface area contributed by atoms with E-state index in [-0.39, 0.29) is 36.5 Å². The average Bonchev–Trinajstić information content (AvgIpc) is 2.96. The van der Waals surface area contributed by atoms with Gasteiger partial charge in [-0.05, 0) is 56.3 Å². The molecule has 1 aromatic rings. The van der Waals surface area contributed by atoms with Crippen molar-refractivity contribution in [3.63, 3.8) is 0 Å². The fourth-order valence-electron chi connectivity index (χ4n) is 3.91. The Balaban J connectivity index is 0.00000261. The minimum absolute atomic E-state index is 0. The maximum atomic E-state index is 13.9. The van der Waals surface area contributed by atoms with Crippen molar-refractivity contribution in [1.29, 1.82) is 0 Å². The molecular formula is C19H26ClF2N3O2. The quantitative estimate of drug-likeness (QED) is 0.797. The van der Waals surface area contributed by atoms with Crippen LogP contribution in [0.2, 0.25) is 0 Å². The lowest BCUT2D eigenvalue weighted by Gasteiger charge is -2.28. The third kappa shape index (κ3) is 4.96. The summed E-state index contributed by atoms with van der Waals surface area (Å²) in [5.74, 6) is -1.43. The molecule has 2 amide bonds. The number of benzene rings is 1. The van der Waals surface area contributed by atoms with Crippen molar-refractivity contribution >= 4 is 29.9 Å². The maximum Gasteiger partial charge on any atom is 0.249 e. The predicted molar refractivity (Wildman–Crippen MR) is 102 cm³/mol. The highest BCUT2D eigenvalue weighted by Crippen LogP contribution is 2.28. The molecule has 0 saturated carbocycles. The largest absolute Gasteiger partial charge is 0.344 e. The first kappa shape index (κ1) is 21.6. The van der Waals surface area contributed by atoms with E-state index in [9.17, 15) is 18.4 Å². The Morgan fingerprint density at radius 2 is 1.89 bits per heavy atom. The second kappa shape index (κ2) is 9.46. The molecule has 2 fully saturated rings. The van der Waals surface area contributed by atoms with Crippen molar-refractivity contribution in [3.8, 4) is 0 Å². The normalized spacial score (nSPS) is 21.7. The number of nitrogens with one attached hydrogen (secondary N) is 2. The zero-order chi connectivity index (χ0) is 18.7. The Labute approximate surface area is 164 Å². The molecule has 2 unspecified atom stereocenters. The highest BCUT2D eigenvalue weighted by atomic mass is 35.5. The van der Waals surface area contributed by atoms with Gasteiger partial charge < -0.3 is 15.5 Å². The van der Waals surface area contributed by atoms with Gasteiger partial charge in [-0.1, -0.05) is 13.0 Å². The number of hydrogen-bond donors (Lipinski definition) is 2. The lowest BCUT2D eigenvalue weighted by Crippen LogP contribution is -2.43. The Bertz CT molecular complexity index is 663. The average molecular weight is 402 g/mol. The number of halogens is 3. The molecule has 2 atom stereocenters. The van der Waals surface area contributed by atoms with Crippen molar-refractivity contribution < 1.29 is 18.4 Å². The smallest absolute Gasteiger partial charge is 0.249 e. The molecule has 8 heteroatoms. The lowest BCUT2D eigenvalue weighted by molar-refractivity contribution is -0.127. The van der Waals surface area contributed by atoms with E-state index in [1.54, 1.807) is 0 Å². The summed E-state index contributed by atoms with van der Waals surface area (Å²) in [4.78, 5) is 25.9. The summed E-state index contributed by atoms with van der Waals surface area (Å²) in [5.41, 5.74) is -0.336. The second-order valence-electron chi connectivity index (χ2n) is 7.24. The second-order valence-corrected chi connectivity index (χ2v) is 7.24. The summed E-state index contributed by atoms with van der Waals surface area (Å²) < 4.78 is 27.8. The Hall–Kier alpha value is -1.73. The van der Waals surface area contributed by atoms with E-state index >= 15 is 0 Å². The van der Waals surface area contributed by atoms with E-state index in [0.717, 1.165) is 43.0 Å². The Morgan fingerprint density at radius 3 is 2.52 bits per heavy atom. The van der Waals surface area contributed by atoms with Gasteiger partial charge in [-0.2, -0.15) is 0 Å². The van der Waals surface area contributed by atoms with Crippen LogP contribution in [-0.4, -0.2) is 37.5 Å². The van der Waals surface area contributed by atoms with Crippen LogP contribution in [0.25, 0.3) is 0 Å². The van der Waals surface area contributed by atoms with Crippen LogP contribution in [0, 0.1) is 23.5 Å². The molecule has 2 N–H and O–H groups in total. The Kier molecular flexibility index (Phi) is 7.56. The summed E-state index contributed by atoms with van der Waals surface area (Å²) in [6, 6.07) is 2.79. The lowest BCUT2D eigenvalue weighted by atomic mass is 9.84. The van der Waals surface area contributed by atoms with Crippen LogP contribution >= 0.6 is 12.4 Å². The fourth-order valence-corrected chi connectivity index (χ4v) is 3.91. The third-order valence-electron chi connectivity index (χ3n) is 5.44. The first-order valence-electron chi connectivity index (χ1n) is 9.23. The predicted octanol–water partition coefficient (Wildman–Crippen LogP) is 2.63. The van der Waals surface area contributed by atoms with Crippen LogP contribution in [0.3, 0.4) is 0 Å². The standard InChI is InChI=1S/C19H25F2N3O2.ClH/c1-12(13-5-8-22-9-6-13)11-17(25)23-16-7-10-24(19(16)26)18-14(20)3-2-4-15(18)21;/h2-4,12-13,16,22H,5-11H2,1H3,(H,23,25);1H. The van der Waals surface area contributed by atoms with E-state index in [0.29, 0.717) is 18.8 Å². The first-order valence-corrected chi connectivity index (χ1v) is 9.23. The molecule has 0 aromatic heterocycles. The highest BCUT2D eigenvalue weighted by molar-refractivity contribution is 6.01. The van der Waals surface area contributed by atoms with Crippen LogP contribution in [0.15, 0.2) is 18.2 Å². The first-order chi connectivity index (χ1) is 12.5. The van der Waals surface area contributed by atoms with Gasteiger partial charge in [-0.25, -0.2) is 8.78 Å². The van der Waals surface area contributed by atoms with Gasteiger partial charge in [-0.3, -0.25) is 9.59 Å². The SMILES string of the molecule is CC(CC(=O)NC1CCN(c2c(F)cccc2F)C1=O)C1CCNCC1.Cl. The Morgan fingerprint density at radius 1 is 1.26 bits per heavy atom. The van der Waals surface area contributed by atoms with Gasteiger partial charge in [0, 0.05) is 13.0 Å². The number of rotatable bonds is 5. The van der Waals surface area contributed by atoms with E-state index in [4.69, 9.17) is 0 Å². The van der Waals surface area contributed by atoms with Gasteiger partial charge in [0.25, 0.3) is 0 Å². The highest BCUT2D eigenvalue weighted by Gasteiger charge is 2.36. The van der Waals surface area contributed by atoms with Crippen LogP contribution in [0.4, 0.5) is 14.5 Å². The molecule has 2 saturated heterocycles. The van der Waals surface area contributed by atoms with Crippen molar-refractivity contribution in [2.45, 2.75) is 38.6 Å². The van der Waals surface area contributed by atoms with E-state index in [1.165, 1.54) is 6.07 Å². The zero-order valence-corrected chi connectivity index (χ0v) is 16.2. The van der Waals surface area contributed by atoms with Crippen molar-refractivity contribution in [1.82, 2.24) is 10.6 Å². The van der Waals surface area contributed by atoms with Crippen molar-refractivity contribution in [2.75, 3.05) is 24.5 Å². The molecule has 27 heavy (non-hydrogen) atoms. The third-order valence-corrected chi connectivity index (χ3v) is 5.44. The van der Waals surface area contributed by atoms with Gasteiger partial charge in [0.2, 0.25) is 11.8 Å². The molecule has 2 aliphatic heterocycles. The molecule has 0 radical (unpaired) electrons. The number of piperidine rings is 1. The number of hydrogen-bond acceptors (Lipinski definition) is 3. The van der Waals surface area contributed by atoms with Crippen LogP contribution in [0.1, 0.15) is 32.6 Å². The summed E-state index contributed by atoms with van der Waals surface area (Å²) in [7, 11) is 0. The van der Waals surface area contributed by atoms with Gasteiger partial charge in [0.05, 0.1) is 0 Å². The summed E-state index contributed by atoms with van der Waals surface area (Å²) in [5, 5.41) is 6.05. The number of nitrogens with zero attached hydrogens (tertiary/aromatic N) is 1. The maximum absolute atomic E-state index is 13.9. The molecule has 0 bridgehead atoms. The summed E-state index contributed by atoms with van der Waals surface area (Å²) in [6.07, 6.45) is 2.82. The topological polar surface area (TPSA) is 61.4 Å². The van der Waals surface area contributed by atoms with Crippen LogP contribution < -0.4 is 15.5 Å². The van der Waals surface area contributed by atoms with E-state index in [2.05, 4.69) is 17.6 Å². The molecule has 2 aliphatic rings. The van der Waals surface area contributed by atoms with Crippen LogP contribution in [-0.2, 0) is 9.59 Å². The molecule has 2 heterocycles. The van der Waals surface area contributed by atoms with Gasteiger partial charge >= 0.3 is 0 Å². The number of amides is 2. The zero-order valence-electron chi connectivity index (χ0n) is 15.3. The molecule has 5 nitrogen and oxygen atoms in total. The molecular weight excluding hydrogens is 376 g/mol. The van der Waals surface area contributed by atoms with Gasteiger partial charge in [-0.15, -0.1) is 12.4 Å². The minimum Gasteiger partial charge on any atom is -0.344 e. The van der Waals surface area contributed by atoms with E-state index < -0.39 is 23.6 Å². The number of para-hydroxylation sites is 1. The summed E-state index contributed by atoms with van der Waals surface area (Å²) >= 11 is 0. The van der Waals surface area contributed by atoms with Gasteiger partial charge in [0.15, 0.2) is 0 Å². The molecule has 0 aliphatic carbocycles. The minimum atomic E-state index is -0.773. The number of carbonyl (C=O) groups is 2. The van der Waals surface area contributed by atoms with E-state index in [1.807, 2.05) is 0 Å². The molecule has 1 aromatic carbocycles.